The summed E-state index contributed by atoms with van der Waals surface area (Å²) in [6.07, 6.45) is 8.61. The maximum atomic E-state index is 14.8. The second-order valence-electron chi connectivity index (χ2n) is 8.43. The van der Waals surface area contributed by atoms with Gasteiger partial charge in [-0.2, -0.15) is 4.39 Å². The fourth-order valence-corrected chi connectivity index (χ4v) is 3.73. The smallest absolute Gasteiger partial charge is 0.228 e. The van der Waals surface area contributed by atoms with Crippen molar-refractivity contribution in [1.29, 1.82) is 0 Å². The molecule has 1 unspecified atom stereocenters. The van der Waals surface area contributed by atoms with Crippen LogP contribution in [0.2, 0.25) is 0 Å². The number of nitrogens with zero attached hydrogens (tertiary/aromatic N) is 3. The molecule has 2 aliphatic rings. The quantitative estimate of drug-likeness (QED) is 0.280. The molecule has 8 nitrogen and oxygen atoms in total. The van der Waals surface area contributed by atoms with Crippen molar-refractivity contribution >= 4 is 29.8 Å². The SMILES string of the molecule is C=N/C(Oc1ccc(NC(=O)C2CC2)c(F)c1F)=C(\C=C/C)c1ccnc(NC2CCCNC2)n1. The molecule has 35 heavy (non-hydrogen) atoms. The normalized spacial score (nSPS) is 18.7. The zero-order valence-electron chi connectivity index (χ0n) is 19.5. The zero-order chi connectivity index (χ0) is 24.8. The second kappa shape index (κ2) is 11.2. The Morgan fingerprint density at radius 3 is 2.77 bits per heavy atom. The van der Waals surface area contributed by atoms with Crippen LogP contribution in [0.3, 0.4) is 0 Å². The highest BCUT2D eigenvalue weighted by atomic mass is 19.2. The Morgan fingerprint density at radius 2 is 2.09 bits per heavy atom. The summed E-state index contributed by atoms with van der Waals surface area (Å²) in [6.45, 7) is 7.13. The Labute approximate surface area is 202 Å². The minimum atomic E-state index is -1.24. The number of carbonyl (C=O) groups is 1. The number of benzene rings is 1. The van der Waals surface area contributed by atoms with Gasteiger partial charge in [-0.25, -0.2) is 19.4 Å². The predicted molar refractivity (Wildman–Crippen MR) is 131 cm³/mol. The first-order chi connectivity index (χ1) is 17.0. The molecule has 0 spiro atoms. The molecule has 0 radical (unpaired) electrons. The van der Waals surface area contributed by atoms with E-state index in [1.54, 1.807) is 31.3 Å². The highest BCUT2D eigenvalue weighted by Gasteiger charge is 2.30. The zero-order valence-corrected chi connectivity index (χ0v) is 19.5. The van der Waals surface area contributed by atoms with Crippen LogP contribution in [0.25, 0.3) is 5.57 Å². The number of piperidine rings is 1. The first kappa shape index (κ1) is 24.5. The van der Waals surface area contributed by atoms with Crippen molar-refractivity contribution in [2.45, 2.75) is 38.6 Å². The van der Waals surface area contributed by atoms with E-state index in [0.29, 0.717) is 17.2 Å². The number of ether oxygens (including phenoxy) is 1. The number of anilines is 2. The van der Waals surface area contributed by atoms with E-state index in [1.807, 2.05) is 0 Å². The molecule has 1 amide bonds. The third kappa shape index (κ3) is 6.07. The third-order valence-corrected chi connectivity index (χ3v) is 5.73. The fraction of sp³-hybridized carbons (Fsp3) is 0.360. The van der Waals surface area contributed by atoms with E-state index >= 15 is 0 Å². The average Bonchev–Trinajstić information content (AvgIpc) is 3.72. The minimum absolute atomic E-state index is 0.0554. The largest absolute Gasteiger partial charge is 0.435 e. The van der Waals surface area contributed by atoms with Crippen LogP contribution in [0, 0.1) is 17.6 Å². The highest BCUT2D eigenvalue weighted by Crippen LogP contribution is 2.33. The number of aromatic nitrogens is 2. The Bertz CT molecular complexity index is 1160. The number of aliphatic imine (C=N–C) groups is 1. The molecule has 1 aliphatic carbocycles. The number of halogens is 2. The molecule has 3 N–H and O–H groups in total. The van der Waals surface area contributed by atoms with E-state index in [9.17, 15) is 13.6 Å². The second-order valence-corrected chi connectivity index (χ2v) is 8.43. The van der Waals surface area contributed by atoms with Gasteiger partial charge >= 0.3 is 0 Å². The molecule has 184 valence electrons. The molecule has 4 rings (SSSR count). The summed E-state index contributed by atoms with van der Waals surface area (Å²) in [7, 11) is 0. The number of nitrogens with one attached hydrogen (secondary N) is 3. The van der Waals surface area contributed by atoms with E-state index in [0.717, 1.165) is 38.8 Å². The van der Waals surface area contributed by atoms with Crippen molar-refractivity contribution in [3.8, 4) is 5.75 Å². The molecule has 1 atom stereocenters. The summed E-state index contributed by atoms with van der Waals surface area (Å²) >= 11 is 0. The molecule has 2 fully saturated rings. The number of hydrogen-bond acceptors (Lipinski definition) is 7. The third-order valence-electron chi connectivity index (χ3n) is 5.73. The van der Waals surface area contributed by atoms with Crippen LogP contribution in [0.15, 0.2) is 47.4 Å². The Balaban J connectivity index is 1.59. The standard InChI is InChI=1S/C25H28F2N6O2/c1-3-5-17(18-11-13-30-25(33-18)31-16-6-4-12-29-14-16)24(28-2)35-20-10-9-19(21(26)22(20)27)32-23(34)15-7-8-15/h3,5,9-11,13,15-16,29H,2,4,6-8,12,14H2,1H3,(H,32,34)(H,30,31,33)/b5-3-,24-17-. The van der Waals surface area contributed by atoms with Crippen molar-refractivity contribution in [2.75, 3.05) is 23.7 Å². The van der Waals surface area contributed by atoms with E-state index in [-0.39, 0.29) is 29.4 Å². The Kier molecular flexibility index (Phi) is 7.81. The van der Waals surface area contributed by atoms with Crippen LogP contribution in [-0.4, -0.2) is 41.7 Å². The van der Waals surface area contributed by atoms with Gasteiger partial charge in [0.15, 0.2) is 11.6 Å². The molecule has 1 aliphatic heterocycles. The lowest BCUT2D eigenvalue weighted by Crippen LogP contribution is -2.38. The van der Waals surface area contributed by atoms with Crippen molar-refractivity contribution in [3.05, 3.63) is 59.8 Å². The molecule has 2 heterocycles. The summed E-state index contributed by atoms with van der Waals surface area (Å²) in [6, 6.07) is 4.37. The first-order valence-corrected chi connectivity index (χ1v) is 11.6. The van der Waals surface area contributed by atoms with E-state index in [2.05, 4.69) is 37.6 Å². The number of hydrogen-bond donors (Lipinski definition) is 3. The lowest BCUT2D eigenvalue weighted by Gasteiger charge is -2.23. The van der Waals surface area contributed by atoms with Crippen LogP contribution in [0.4, 0.5) is 20.4 Å². The number of carbonyl (C=O) groups excluding carboxylic acids is 1. The highest BCUT2D eigenvalue weighted by molar-refractivity contribution is 5.94. The molecule has 0 bridgehead atoms. The van der Waals surface area contributed by atoms with Gasteiger partial charge in [0.25, 0.3) is 0 Å². The van der Waals surface area contributed by atoms with E-state index in [4.69, 9.17) is 4.74 Å². The van der Waals surface area contributed by atoms with Gasteiger partial charge in [0.2, 0.25) is 23.6 Å². The number of amides is 1. The van der Waals surface area contributed by atoms with E-state index < -0.39 is 17.4 Å². The maximum Gasteiger partial charge on any atom is 0.228 e. The van der Waals surface area contributed by atoms with Gasteiger partial charge in [0.05, 0.1) is 17.0 Å². The van der Waals surface area contributed by atoms with Crippen LogP contribution >= 0.6 is 0 Å². The van der Waals surface area contributed by atoms with E-state index in [1.165, 1.54) is 12.1 Å². The summed E-state index contributed by atoms with van der Waals surface area (Å²) in [5.74, 6) is -2.92. The van der Waals surface area contributed by atoms with Gasteiger partial charge in [0, 0.05) is 24.7 Å². The van der Waals surface area contributed by atoms with Crippen LogP contribution < -0.4 is 20.7 Å². The van der Waals surface area contributed by atoms with Crippen LogP contribution in [0.1, 0.15) is 38.3 Å². The predicted octanol–water partition coefficient (Wildman–Crippen LogP) is 4.29. The minimum Gasteiger partial charge on any atom is -0.435 e. The molecule has 1 saturated carbocycles. The molecular formula is C25H28F2N6O2. The van der Waals surface area contributed by atoms with Gasteiger partial charge in [-0.15, -0.1) is 0 Å². The molecule has 1 aromatic carbocycles. The summed E-state index contributed by atoms with van der Waals surface area (Å²) in [5, 5.41) is 9.06. The monoisotopic (exact) mass is 482 g/mol. The van der Waals surface area contributed by atoms with Gasteiger partial charge in [0.1, 0.15) is 0 Å². The summed E-state index contributed by atoms with van der Waals surface area (Å²) in [4.78, 5) is 24.7. The van der Waals surface area contributed by atoms with Crippen LogP contribution in [0.5, 0.6) is 5.75 Å². The lowest BCUT2D eigenvalue weighted by atomic mass is 10.1. The summed E-state index contributed by atoms with van der Waals surface area (Å²) in [5.41, 5.74) is 0.655. The Hall–Kier alpha value is -3.66. The molecule has 1 aromatic heterocycles. The maximum absolute atomic E-state index is 14.8. The summed E-state index contributed by atoms with van der Waals surface area (Å²) < 4.78 is 35.1. The molecule has 2 aromatic rings. The van der Waals surface area contributed by atoms with Gasteiger partial charge in [-0.1, -0.05) is 12.2 Å². The Morgan fingerprint density at radius 1 is 1.26 bits per heavy atom. The average molecular weight is 483 g/mol. The van der Waals surface area contributed by atoms with Crippen molar-refractivity contribution in [1.82, 2.24) is 15.3 Å². The van der Waals surface area contributed by atoms with Crippen molar-refractivity contribution < 1.29 is 18.3 Å². The molecular weight excluding hydrogens is 454 g/mol. The number of allylic oxidation sites excluding steroid dienone is 3. The van der Waals surface area contributed by atoms with Crippen LogP contribution in [-0.2, 0) is 4.79 Å². The van der Waals surface area contributed by atoms with Gasteiger partial charge in [-0.05, 0) is 64.1 Å². The number of rotatable bonds is 9. The van der Waals surface area contributed by atoms with Crippen molar-refractivity contribution in [3.63, 3.8) is 0 Å². The van der Waals surface area contributed by atoms with Gasteiger partial charge in [-0.3, -0.25) is 4.79 Å². The topological polar surface area (TPSA) is 101 Å². The lowest BCUT2D eigenvalue weighted by molar-refractivity contribution is -0.117. The first-order valence-electron chi connectivity index (χ1n) is 11.6. The fourth-order valence-electron chi connectivity index (χ4n) is 3.73. The van der Waals surface area contributed by atoms with Gasteiger partial charge < -0.3 is 20.7 Å². The molecule has 10 heteroatoms. The molecule has 1 saturated heterocycles. The van der Waals surface area contributed by atoms with Crippen molar-refractivity contribution in [2.24, 2.45) is 10.9 Å².